The van der Waals surface area contributed by atoms with E-state index in [1.807, 2.05) is 26.8 Å². The summed E-state index contributed by atoms with van der Waals surface area (Å²) in [4.78, 5) is 26.0. The fraction of sp³-hybridized carbons (Fsp3) is 0.619. The number of rotatable bonds is 8. The normalized spacial score (nSPS) is 18.5. The number of hydrogen-bond donors (Lipinski definition) is 2. The van der Waals surface area contributed by atoms with Crippen LogP contribution in [0.1, 0.15) is 45.6 Å². The Bertz CT molecular complexity index is 580. The van der Waals surface area contributed by atoms with Crippen molar-refractivity contribution in [1.82, 2.24) is 10.2 Å². The van der Waals surface area contributed by atoms with Crippen molar-refractivity contribution in [2.45, 2.75) is 58.5 Å². The van der Waals surface area contributed by atoms with E-state index in [9.17, 15) is 14.7 Å². The lowest BCUT2D eigenvalue weighted by Crippen LogP contribution is -2.52. The van der Waals surface area contributed by atoms with Gasteiger partial charge in [-0.15, -0.1) is 0 Å². The van der Waals surface area contributed by atoms with Gasteiger partial charge in [-0.3, -0.25) is 9.69 Å². The minimum Gasteiger partial charge on any atom is -0.480 e. The second-order valence-corrected chi connectivity index (χ2v) is 7.87. The fourth-order valence-electron chi connectivity index (χ4n) is 3.64. The van der Waals surface area contributed by atoms with Gasteiger partial charge in [-0.25, -0.2) is 4.79 Å². The highest BCUT2D eigenvalue weighted by atomic mass is 16.4. The Balaban J connectivity index is 1.82. The van der Waals surface area contributed by atoms with Crippen LogP contribution in [-0.2, 0) is 16.0 Å². The van der Waals surface area contributed by atoms with Crippen LogP contribution in [0, 0.1) is 11.8 Å². The van der Waals surface area contributed by atoms with Gasteiger partial charge in [0.15, 0.2) is 0 Å². The van der Waals surface area contributed by atoms with Crippen LogP contribution in [0.5, 0.6) is 0 Å². The summed E-state index contributed by atoms with van der Waals surface area (Å²) in [5, 5.41) is 12.0. The molecule has 5 heteroatoms. The molecule has 0 spiro atoms. The topological polar surface area (TPSA) is 69.6 Å². The quantitative estimate of drug-likeness (QED) is 0.748. The molecule has 2 rings (SSSR count). The Morgan fingerprint density at radius 1 is 1.15 bits per heavy atom. The molecule has 1 aliphatic heterocycles. The summed E-state index contributed by atoms with van der Waals surface area (Å²) in [7, 11) is 0. The molecule has 1 aromatic rings. The van der Waals surface area contributed by atoms with Crippen LogP contribution in [0.4, 0.5) is 0 Å². The van der Waals surface area contributed by atoms with Crippen LogP contribution in [0.3, 0.4) is 0 Å². The van der Waals surface area contributed by atoms with E-state index in [2.05, 4.69) is 34.5 Å². The van der Waals surface area contributed by atoms with Gasteiger partial charge in [0.25, 0.3) is 0 Å². The predicted molar refractivity (Wildman–Crippen MR) is 103 cm³/mol. The number of carbonyl (C=O) groups excluding carboxylic acids is 1. The summed E-state index contributed by atoms with van der Waals surface area (Å²) < 4.78 is 0. The van der Waals surface area contributed by atoms with Gasteiger partial charge in [-0.1, -0.05) is 44.2 Å². The van der Waals surface area contributed by atoms with E-state index in [1.54, 1.807) is 0 Å². The van der Waals surface area contributed by atoms with Crippen molar-refractivity contribution in [3.05, 3.63) is 35.9 Å². The largest absolute Gasteiger partial charge is 0.480 e. The number of nitrogens with zero attached hydrogens (tertiary/aromatic N) is 1. The second-order valence-electron chi connectivity index (χ2n) is 7.87. The van der Waals surface area contributed by atoms with Gasteiger partial charge >= 0.3 is 5.97 Å². The van der Waals surface area contributed by atoms with Crippen LogP contribution in [0.15, 0.2) is 30.3 Å². The Kier molecular flexibility index (Phi) is 7.64. The molecule has 1 aromatic carbocycles. The Hall–Kier alpha value is -1.88. The highest BCUT2D eigenvalue weighted by Gasteiger charge is 2.29. The summed E-state index contributed by atoms with van der Waals surface area (Å²) in [5.41, 5.74) is 1.37. The summed E-state index contributed by atoms with van der Waals surface area (Å²) in [6.45, 7) is 7.56. The first-order chi connectivity index (χ1) is 12.4. The summed E-state index contributed by atoms with van der Waals surface area (Å²) in [6.07, 6.45) is 3.68. The molecule has 1 heterocycles. The van der Waals surface area contributed by atoms with Crippen LogP contribution in [0.2, 0.25) is 0 Å². The first-order valence-electron chi connectivity index (χ1n) is 9.68. The average Bonchev–Trinajstić information content (AvgIpc) is 2.61. The molecule has 1 saturated heterocycles. The molecule has 0 bridgehead atoms. The molecule has 0 radical (unpaired) electrons. The molecular weight excluding hydrogens is 328 g/mol. The highest BCUT2D eigenvalue weighted by molar-refractivity contribution is 5.86. The smallest absolute Gasteiger partial charge is 0.326 e. The van der Waals surface area contributed by atoms with Crippen LogP contribution < -0.4 is 5.32 Å². The van der Waals surface area contributed by atoms with E-state index in [-0.39, 0.29) is 17.9 Å². The number of benzene rings is 1. The Morgan fingerprint density at radius 3 is 2.31 bits per heavy atom. The van der Waals surface area contributed by atoms with Crippen LogP contribution in [0.25, 0.3) is 0 Å². The van der Waals surface area contributed by atoms with Crippen molar-refractivity contribution in [2.24, 2.45) is 11.8 Å². The maximum atomic E-state index is 12.5. The van der Waals surface area contributed by atoms with Gasteiger partial charge in [0, 0.05) is 0 Å². The molecule has 0 saturated carbocycles. The third-order valence-corrected chi connectivity index (χ3v) is 5.27. The minimum atomic E-state index is -0.958. The molecule has 2 unspecified atom stereocenters. The third kappa shape index (κ3) is 6.13. The lowest BCUT2D eigenvalue weighted by Gasteiger charge is -2.35. The fourth-order valence-corrected chi connectivity index (χ4v) is 3.64. The van der Waals surface area contributed by atoms with Gasteiger partial charge in [0.05, 0.1) is 6.04 Å². The van der Waals surface area contributed by atoms with Gasteiger partial charge in [0.2, 0.25) is 5.91 Å². The molecule has 0 aliphatic carbocycles. The number of carboxylic acids is 1. The highest BCUT2D eigenvalue weighted by Crippen LogP contribution is 2.23. The number of aliphatic carboxylic acids is 1. The summed E-state index contributed by atoms with van der Waals surface area (Å²) >= 11 is 0. The van der Waals surface area contributed by atoms with Crippen molar-refractivity contribution in [1.29, 1.82) is 0 Å². The molecule has 1 aliphatic rings. The Labute approximate surface area is 156 Å². The number of amides is 1. The molecule has 2 atom stereocenters. The summed E-state index contributed by atoms with van der Waals surface area (Å²) in [5.74, 6) is -0.266. The maximum Gasteiger partial charge on any atom is 0.326 e. The van der Waals surface area contributed by atoms with Crippen LogP contribution >= 0.6 is 0 Å². The van der Waals surface area contributed by atoms with Gasteiger partial charge in [0.1, 0.15) is 6.04 Å². The van der Waals surface area contributed by atoms with E-state index < -0.39 is 12.0 Å². The van der Waals surface area contributed by atoms with Crippen molar-refractivity contribution in [3.8, 4) is 0 Å². The zero-order chi connectivity index (χ0) is 19.1. The van der Waals surface area contributed by atoms with Crippen LogP contribution in [-0.4, -0.2) is 47.1 Å². The second kappa shape index (κ2) is 9.72. The first-order valence-corrected chi connectivity index (χ1v) is 9.68. The zero-order valence-electron chi connectivity index (χ0n) is 16.1. The predicted octanol–water partition coefficient (Wildman–Crippen LogP) is 2.95. The van der Waals surface area contributed by atoms with Gasteiger partial charge in [-0.2, -0.15) is 0 Å². The Morgan fingerprint density at radius 2 is 1.77 bits per heavy atom. The van der Waals surface area contributed by atoms with E-state index in [0.717, 1.165) is 32.4 Å². The summed E-state index contributed by atoms with van der Waals surface area (Å²) in [6, 6.07) is 9.43. The van der Waals surface area contributed by atoms with Crippen molar-refractivity contribution < 1.29 is 14.7 Å². The zero-order valence-corrected chi connectivity index (χ0v) is 16.1. The number of nitrogens with one attached hydrogen (secondary N) is 1. The molecule has 1 fully saturated rings. The molecule has 0 aromatic heterocycles. The molecule has 144 valence electrons. The number of likely N-dealkylation sites (tertiary alicyclic amines) is 1. The molecular formula is C21H32N2O3. The lowest BCUT2D eigenvalue weighted by molar-refractivity contribution is -0.143. The maximum absolute atomic E-state index is 12.5. The number of piperidine rings is 1. The molecule has 2 N–H and O–H groups in total. The number of carboxylic acid groups (broad SMARTS) is 1. The van der Waals surface area contributed by atoms with E-state index in [1.165, 1.54) is 5.56 Å². The van der Waals surface area contributed by atoms with Crippen molar-refractivity contribution in [2.75, 3.05) is 13.1 Å². The van der Waals surface area contributed by atoms with E-state index >= 15 is 0 Å². The van der Waals surface area contributed by atoms with Crippen molar-refractivity contribution >= 4 is 11.9 Å². The number of hydrogen-bond acceptors (Lipinski definition) is 3. The molecule has 1 amide bonds. The molecule has 5 nitrogen and oxygen atoms in total. The monoisotopic (exact) mass is 360 g/mol. The lowest BCUT2D eigenvalue weighted by atomic mass is 9.89. The minimum absolute atomic E-state index is 0.181. The van der Waals surface area contributed by atoms with Gasteiger partial charge in [-0.05, 0) is 63.1 Å². The van der Waals surface area contributed by atoms with Crippen molar-refractivity contribution in [3.63, 3.8) is 0 Å². The van der Waals surface area contributed by atoms with E-state index in [0.29, 0.717) is 12.3 Å². The molecule has 26 heavy (non-hydrogen) atoms. The van der Waals surface area contributed by atoms with Gasteiger partial charge < -0.3 is 10.4 Å². The third-order valence-electron chi connectivity index (χ3n) is 5.27. The van der Waals surface area contributed by atoms with E-state index in [4.69, 9.17) is 0 Å². The SMILES string of the molecule is CC(C)CC(NC(=O)C(C)N1CCC(Cc2ccccc2)CC1)C(=O)O. The number of carbonyl (C=O) groups is 2. The first kappa shape index (κ1) is 20.4. The average molecular weight is 360 g/mol. The standard InChI is InChI=1S/C21H32N2O3/c1-15(2)13-19(21(25)26)22-20(24)16(3)23-11-9-18(10-12-23)14-17-7-5-4-6-8-17/h4-8,15-16,18-19H,9-14H2,1-3H3,(H,22,24)(H,25,26).